The summed E-state index contributed by atoms with van der Waals surface area (Å²) >= 11 is 0. The van der Waals surface area contributed by atoms with Gasteiger partial charge in [0.25, 0.3) is 0 Å². The van der Waals surface area contributed by atoms with E-state index in [4.69, 9.17) is 0 Å². The van der Waals surface area contributed by atoms with Crippen LogP contribution in [0.4, 0.5) is 5.69 Å². The van der Waals surface area contributed by atoms with Crippen LogP contribution in [-0.4, -0.2) is 32.5 Å². The number of rotatable bonds is 4. The lowest BCUT2D eigenvalue weighted by Gasteiger charge is -2.32. The first-order valence-corrected chi connectivity index (χ1v) is 6.73. The molecule has 1 unspecified atom stereocenters. The first kappa shape index (κ1) is 13.1. The fourth-order valence-corrected chi connectivity index (χ4v) is 2.54. The Balaban J connectivity index is 2.05. The van der Waals surface area contributed by atoms with E-state index in [1.165, 1.54) is 18.5 Å². The summed E-state index contributed by atoms with van der Waals surface area (Å²) in [6.07, 6.45) is 2.59. The Hall–Kier alpha value is -1.35. The summed E-state index contributed by atoms with van der Waals surface area (Å²) in [6, 6.07) is 8.02. The van der Waals surface area contributed by atoms with Crippen LogP contribution in [0.3, 0.4) is 0 Å². The zero-order valence-electron chi connectivity index (χ0n) is 11.3. The summed E-state index contributed by atoms with van der Waals surface area (Å²) in [5.74, 6) is 0.917. The number of Topliss-reactive ketones (excluding diaryl/α,β-unsaturated/α-hetero) is 1. The van der Waals surface area contributed by atoms with Crippen molar-refractivity contribution in [1.29, 1.82) is 0 Å². The van der Waals surface area contributed by atoms with Crippen LogP contribution in [0.15, 0.2) is 24.3 Å². The maximum absolute atomic E-state index is 11.7. The van der Waals surface area contributed by atoms with Crippen LogP contribution < -0.4 is 10.2 Å². The van der Waals surface area contributed by atoms with Gasteiger partial charge in [-0.05, 0) is 50.1 Å². The van der Waals surface area contributed by atoms with Crippen molar-refractivity contribution in [3.8, 4) is 0 Å². The lowest BCUT2D eigenvalue weighted by Crippen LogP contribution is -2.34. The smallest absolute Gasteiger partial charge is 0.176 e. The van der Waals surface area contributed by atoms with E-state index in [9.17, 15) is 4.79 Å². The van der Waals surface area contributed by atoms with Crippen LogP contribution in [0.1, 0.15) is 30.1 Å². The second kappa shape index (κ2) is 6.01. The van der Waals surface area contributed by atoms with E-state index >= 15 is 0 Å². The van der Waals surface area contributed by atoms with E-state index in [0.717, 1.165) is 24.6 Å². The molecule has 1 N–H and O–H groups in total. The molecule has 2 rings (SSSR count). The highest BCUT2D eigenvalue weighted by Gasteiger charge is 2.16. The Kier molecular flexibility index (Phi) is 4.37. The second-order valence-electron chi connectivity index (χ2n) is 5.19. The normalized spacial score (nSPS) is 19.9. The Labute approximate surface area is 109 Å². The van der Waals surface area contributed by atoms with Gasteiger partial charge in [-0.15, -0.1) is 0 Å². The minimum atomic E-state index is 0.149. The molecule has 1 atom stereocenters. The summed E-state index contributed by atoms with van der Waals surface area (Å²) in [5, 5.41) is 2.89. The molecule has 3 nitrogen and oxygen atoms in total. The largest absolute Gasteiger partial charge is 0.371 e. The van der Waals surface area contributed by atoms with Crippen molar-refractivity contribution in [1.82, 2.24) is 5.32 Å². The zero-order chi connectivity index (χ0) is 13.0. The van der Waals surface area contributed by atoms with Crippen LogP contribution in [-0.2, 0) is 0 Å². The van der Waals surface area contributed by atoms with E-state index < -0.39 is 0 Å². The topological polar surface area (TPSA) is 32.3 Å². The minimum absolute atomic E-state index is 0.149. The molecular formula is C15H22N2O. The number of benzene rings is 1. The molecule has 18 heavy (non-hydrogen) atoms. The molecule has 1 fully saturated rings. The standard InChI is InChI=1S/C15H22N2O/c1-12-4-3-9-17(11-12)14-7-5-13(6-8-14)15(18)10-16-2/h5-8,12,16H,3-4,9-11H2,1-2H3. The predicted molar refractivity (Wildman–Crippen MR) is 75.3 cm³/mol. The van der Waals surface area contributed by atoms with Gasteiger partial charge in [0, 0.05) is 24.3 Å². The number of carbonyl (C=O) groups excluding carboxylic acids is 1. The number of nitrogens with zero attached hydrogens (tertiary/aromatic N) is 1. The fraction of sp³-hybridized carbons (Fsp3) is 0.533. The number of likely N-dealkylation sites (N-methyl/N-ethyl adjacent to an activating group) is 1. The average molecular weight is 246 g/mol. The zero-order valence-corrected chi connectivity index (χ0v) is 11.3. The molecule has 1 aliphatic rings. The molecule has 0 bridgehead atoms. The fourth-order valence-electron chi connectivity index (χ4n) is 2.54. The SMILES string of the molecule is CNCC(=O)c1ccc(N2CCCC(C)C2)cc1. The molecule has 0 spiro atoms. The molecule has 0 radical (unpaired) electrons. The van der Waals surface area contributed by atoms with Crippen LogP contribution in [0.5, 0.6) is 0 Å². The lowest BCUT2D eigenvalue weighted by molar-refractivity contribution is 0.0993. The van der Waals surface area contributed by atoms with Crippen LogP contribution in [0, 0.1) is 5.92 Å². The summed E-state index contributed by atoms with van der Waals surface area (Å²) in [5.41, 5.74) is 2.03. The molecule has 1 aliphatic heterocycles. The second-order valence-corrected chi connectivity index (χ2v) is 5.19. The third kappa shape index (κ3) is 3.10. The summed E-state index contributed by atoms with van der Waals surface area (Å²) in [7, 11) is 1.79. The third-order valence-electron chi connectivity index (χ3n) is 3.55. The number of carbonyl (C=O) groups is 1. The van der Waals surface area contributed by atoms with Gasteiger partial charge in [0.2, 0.25) is 0 Å². The van der Waals surface area contributed by atoms with Gasteiger partial charge in [-0.2, -0.15) is 0 Å². The maximum Gasteiger partial charge on any atom is 0.176 e. The Bertz CT molecular complexity index is 399. The number of anilines is 1. The molecule has 98 valence electrons. The van der Waals surface area contributed by atoms with Gasteiger partial charge in [0.05, 0.1) is 6.54 Å². The maximum atomic E-state index is 11.7. The van der Waals surface area contributed by atoms with Gasteiger partial charge in [-0.1, -0.05) is 6.92 Å². The Morgan fingerprint density at radius 3 is 2.72 bits per heavy atom. The van der Waals surface area contributed by atoms with Crippen molar-refractivity contribution < 1.29 is 4.79 Å². The molecule has 1 saturated heterocycles. The molecule has 0 aliphatic carbocycles. The van der Waals surface area contributed by atoms with Gasteiger partial charge < -0.3 is 10.2 Å². The minimum Gasteiger partial charge on any atom is -0.371 e. The molecule has 0 amide bonds. The summed E-state index contributed by atoms with van der Waals surface area (Å²) in [6.45, 7) is 4.97. The van der Waals surface area contributed by atoms with Gasteiger partial charge in [0.15, 0.2) is 5.78 Å². The number of nitrogens with one attached hydrogen (secondary N) is 1. The van der Waals surface area contributed by atoms with E-state index in [0.29, 0.717) is 6.54 Å². The van der Waals surface area contributed by atoms with Gasteiger partial charge in [-0.3, -0.25) is 4.79 Å². The van der Waals surface area contributed by atoms with E-state index in [2.05, 4.69) is 29.3 Å². The Morgan fingerprint density at radius 1 is 1.39 bits per heavy atom. The van der Waals surface area contributed by atoms with Crippen molar-refractivity contribution in [2.45, 2.75) is 19.8 Å². The molecule has 1 aromatic rings. The molecule has 1 heterocycles. The third-order valence-corrected chi connectivity index (χ3v) is 3.55. The number of hydrogen-bond donors (Lipinski definition) is 1. The highest BCUT2D eigenvalue weighted by molar-refractivity contribution is 5.97. The summed E-state index contributed by atoms with van der Waals surface area (Å²) in [4.78, 5) is 14.1. The molecule has 1 aromatic carbocycles. The van der Waals surface area contributed by atoms with Crippen molar-refractivity contribution in [3.05, 3.63) is 29.8 Å². The quantitative estimate of drug-likeness (QED) is 0.828. The van der Waals surface area contributed by atoms with Crippen LogP contribution >= 0.6 is 0 Å². The van der Waals surface area contributed by atoms with Gasteiger partial charge in [-0.25, -0.2) is 0 Å². The van der Waals surface area contributed by atoms with E-state index in [1.54, 1.807) is 7.05 Å². The number of piperidine rings is 1. The number of hydrogen-bond acceptors (Lipinski definition) is 3. The van der Waals surface area contributed by atoms with Crippen LogP contribution in [0.2, 0.25) is 0 Å². The highest BCUT2D eigenvalue weighted by atomic mass is 16.1. The Morgan fingerprint density at radius 2 is 2.11 bits per heavy atom. The van der Waals surface area contributed by atoms with E-state index in [-0.39, 0.29) is 5.78 Å². The van der Waals surface area contributed by atoms with Gasteiger partial charge in [0.1, 0.15) is 0 Å². The van der Waals surface area contributed by atoms with Crippen molar-refractivity contribution in [2.75, 3.05) is 31.6 Å². The van der Waals surface area contributed by atoms with E-state index in [1.807, 2.05) is 12.1 Å². The first-order valence-electron chi connectivity index (χ1n) is 6.73. The van der Waals surface area contributed by atoms with Crippen LogP contribution in [0.25, 0.3) is 0 Å². The first-order chi connectivity index (χ1) is 8.70. The molecular weight excluding hydrogens is 224 g/mol. The molecule has 0 aromatic heterocycles. The number of ketones is 1. The lowest BCUT2D eigenvalue weighted by atomic mass is 9.99. The van der Waals surface area contributed by atoms with Crippen molar-refractivity contribution in [2.24, 2.45) is 5.92 Å². The average Bonchev–Trinajstić information content (AvgIpc) is 2.39. The molecule has 3 heteroatoms. The highest BCUT2D eigenvalue weighted by Crippen LogP contribution is 2.23. The van der Waals surface area contributed by atoms with Crippen molar-refractivity contribution in [3.63, 3.8) is 0 Å². The molecule has 0 saturated carbocycles. The summed E-state index contributed by atoms with van der Waals surface area (Å²) < 4.78 is 0. The van der Waals surface area contributed by atoms with Gasteiger partial charge >= 0.3 is 0 Å². The van der Waals surface area contributed by atoms with Crippen molar-refractivity contribution >= 4 is 11.5 Å². The monoisotopic (exact) mass is 246 g/mol. The predicted octanol–water partition coefficient (Wildman–Crippen LogP) is 2.33.